The third-order valence-corrected chi connectivity index (χ3v) is 4.69. The van der Waals surface area contributed by atoms with E-state index in [-0.39, 0.29) is 6.54 Å². The number of nitrogens with one attached hydrogen (secondary N) is 1. The minimum atomic E-state index is -4.88. The van der Waals surface area contributed by atoms with Crippen molar-refractivity contribution < 1.29 is 22.4 Å². The van der Waals surface area contributed by atoms with Crippen LogP contribution >= 0.6 is 0 Å². The maximum Gasteiger partial charge on any atom is 0.419 e. The van der Waals surface area contributed by atoms with Gasteiger partial charge in [-0.1, -0.05) is 11.3 Å². The summed E-state index contributed by atoms with van der Waals surface area (Å²) in [6.45, 7) is 1.75. The molecule has 4 rings (SSSR count). The predicted molar refractivity (Wildman–Crippen MR) is 87.9 cm³/mol. The van der Waals surface area contributed by atoms with E-state index < -0.39 is 35.1 Å². The van der Waals surface area contributed by atoms with Gasteiger partial charge in [-0.05, 0) is 19.1 Å². The molecule has 2 aromatic heterocycles. The number of nitrogens with zero attached hydrogens (tertiary/aromatic N) is 5. The summed E-state index contributed by atoms with van der Waals surface area (Å²) in [4.78, 5) is 14.1. The Morgan fingerprint density at radius 1 is 1.29 bits per heavy atom. The van der Waals surface area contributed by atoms with Gasteiger partial charge >= 0.3 is 6.18 Å². The number of hydrogen-bond acceptors (Lipinski definition) is 4. The van der Waals surface area contributed by atoms with Crippen LogP contribution in [0.5, 0.6) is 0 Å². The van der Waals surface area contributed by atoms with Crippen LogP contribution in [0.1, 0.15) is 34.2 Å². The van der Waals surface area contributed by atoms with Crippen molar-refractivity contribution in [1.82, 2.24) is 30.1 Å². The summed E-state index contributed by atoms with van der Waals surface area (Å²) >= 11 is 0. The Morgan fingerprint density at radius 2 is 2.07 bits per heavy atom. The average Bonchev–Trinajstić information content (AvgIpc) is 3.28. The molecular formula is C17H14F4N6O. The highest BCUT2D eigenvalue weighted by Crippen LogP contribution is 2.33. The van der Waals surface area contributed by atoms with E-state index in [4.69, 9.17) is 0 Å². The zero-order valence-electron chi connectivity index (χ0n) is 14.5. The molecule has 11 heteroatoms. The molecule has 1 aliphatic heterocycles. The van der Waals surface area contributed by atoms with Crippen LogP contribution in [0.3, 0.4) is 0 Å². The summed E-state index contributed by atoms with van der Waals surface area (Å²) in [5, 5.41) is 14.7. The largest absolute Gasteiger partial charge is 0.419 e. The van der Waals surface area contributed by atoms with Crippen molar-refractivity contribution >= 4 is 5.91 Å². The smallest absolute Gasteiger partial charge is 0.329 e. The molecule has 1 atom stereocenters. The van der Waals surface area contributed by atoms with E-state index in [0.29, 0.717) is 24.0 Å². The molecule has 3 aromatic rings. The second-order valence-electron chi connectivity index (χ2n) is 6.49. The number of amides is 1. The third kappa shape index (κ3) is 2.92. The number of alkyl halides is 3. The molecule has 0 saturated heterocycles. The van der Waals surface area contributed by atoms with E-state index in [2.05, 4.69) is 20.5 Å². The highest BCUT2D eigenvalue weighted by atomic mass is 19.4. The van der Waals surface area contributed by atoms with Gasteiger partial charge in [-0.15, -0.1) is 5.10 Å². The van der Waals surface area contributed by atoms with Crippen molar-refractivity contribution in [2.45, 2.75) is 32.1 Å². The number of carbonyl (C=O) groups excluding carboxylic acids is 1. The number of carbonyl (C=O) groups is 1. The Kier molecular flexibility index (Phi) is 4.16. The summed E-state index contributed by atoms with van der Waals surface area (Å²) in [6.07, 6.45) is -2.97. The Bertz CT molecular complexity index is 1030. The summed E-state index contributed by atoms with van der Waals surface area (Å²) in [6, 6.07) is 3.99. The zero-order chi connectivity index (χ0) is 20.1. The van der Waals surface area contributed by atoms with Gasteiger partial charge in [0.2, 0.25) is 0 Å². The third-order valence-electron chi connectivity index (χ3n) is 4.69. The molecule has 1 aliphatic rings. The summed E-state index contributed by atoms with van der Waals surface area (Å²) < 4.78 is 54.8. The molecule has 0 unspecified atom stereocenters. The average molecular weight is 394 g/mol. The first-order valence-electron chi connectivity index (χ1n) is 8.37. The molecule has 0 aliphatic carbocycles. The highest BCUT2D eigenvalue weighted by molar-refractivity contribution is 5.95. The lowest BCUT2D eigenvalue weighted by atomic mass is 10.0. The van der Waals surface area contributed by atoms with Crippen LogP contribution < -0.4 is 0 Å². The number of H-pyrrole nitrogens is 1. The van der Waals surface area contributed by atoms with Gasteiger partial charge in [-0.25, -0.2) is 4.39 Å². The molecule has 3 heterocycles. The van der Waals surface area contributed by atoms with Gasteiger partial charge in [0, 0.05) is 18.5 Å². The molecule has 1 N–H and O–H groups in total. The number of aromatic nitrogens is 5. The second kappa shape index (κ2) is 6.43. The monoisotopic (exact) mass is 394 g/mol. The summed E-state index contributed by atoms with van der Waals surface area (Å²) in [5.74, 6) is -1.79. The molecule has 1 aromatic carbocycles. The van der Waals surface area contributed by atoms with Crippen LogP contribution in [0.15, 0.2) is 30.5 Å². The molecule has 0 fully saturated rings. The fraction of sp³-hybridized carbons (Fsp3) is 0.294. The second-order valence-corrected chi connectivity index (χ2v) is 6.49. The van der Waals surface area contributed by atoms with Crippen molar-refractivity contribution in [3.05, 3.63) is 58.8 Å². The first-order chi connectivity index (χ1) is 13.3. The number of benzene rings is 1. The molecule has 146 valence electrons. The van der Waals surface area contributed by atoms with Gasteiger partial charge in [-0.3, -0.25) is 9.89 Å². The quantitative estimate of drug-likeness (QED) is 0.678. The topological polar surface area (TPSA) is 79.7 Å². The van der Waals surface area contributed by atoms with Crippen molar-refractivity contribution in [2.75, 3.05) is 0 Å². The Balaban J connectivity index is 1.66. The van der Waals surface area contributed by atoms with Crippen molar-refractivity contribution in [2.24, 2.45) is 0 Å². The number of fused-ring (bicyclic) bond motifs is 1. The molecule has 7 nitrogen and oxygen atoms in total. The van der Waals surface area contributed by atoms with Gasteiger partial charge < -0.3 is 4.90 Å². The van der Waals surface area contributed by atoms with Crippen molar-refractivity contribution in [1.29, 1.82) is 0 Å². The Hall–Kier alpha value is -3.24. The minimum absolute atomic E-state index is 0.0131. The molecular weight excluding hydrogens is 380 g/mol. The molecule has 0 radical (unpaired) electrons. The predicted octanol–water partition coefficient (Wildman–Crippen LogP) is 2.74. The van der Waals surface area contributed by atoms with Crippen LogP contribution in [-0.2, 0) is 19.1 Å². The van der Waals surface area contributed by atoms with E-state index in [0.717, 1.165) is 17.8 Å². The Labute approximate surface area is 156 Å². The first-order valence-corrected chi connectivity index (χ1v) is 8.37. The number of hydrogen-bond donors (Lipinski definition) is 1. The maximum atomic E-state index is 14.4. The number of aromatic amines is 1. The maximum absolute atomic E-state index is 14.4. The Morgan fingerprint density at radius 3 is 2.75 bits per heavy atom. The standard InChI is InChI=1S/C17H14F4N6O/c1-9-7-13-12(23-25-27(13)14-5-6-22-24-14)8-26(9)16(28)10-3-2-4-11(15(10)18)17(19,20)21/h2-6,9H,7-8H2,1H3,(H,22,24)/t9-/m1/s1. The lowest BCUT2D eigenvalue weighted by Crippen LogP contribution is -2.43. The molecule has 0 bridgehead atoms. The van der Waals surface area contributed by atoms with E-state index >= 15 is 0 Å². The van der Waals surface area contributed by atoms with Crippen LogP contribution in [0, 0.1) is 5.82 Å². The summed E-state index contributed by atoms with van der Waals surface area (Å²) in [5.41, 5.74) is -0.835. The fourth-order valence-corrected chi connectivity index (χ4v) is 3.27. The normalized spacial score (nSPS) is 16.9. The van der Waals surface area contributed by atoms with Crippen LogP contribution in [0.2, 0.25) is 0 Å². The van der Waals surface area contributed by atoms with E-state index in [1.54, 1.807) is 23.9 Å². The van der Waals surface area contributed by atoms with E-state index in [1.165, 1.54) is 4.90 Å². The highest BCUT2D eigenvalue weighted by Gasteiger charge is 2.38. The van der Waals surface area contributed by atoms with Gasteiger partial charge in [0.25, 0.3) is 5.91 Å². The minimum Gasteiger partial charge on any atom is -0.329 e. The van der Waals surface area contributed by atoms with Crippen molar-refractivity contribution in [3.8, 4) is 5.82 Å². The van der Waals surface area contributed by atoms with Gasteiger partial charge in [0.15, 0.2) is 5.82 Å². The zero-order valence-corrected chi connectivity index (χ0v) is 14.5. The van der Waals surface area contributed by atoms with Crippen LogP contribution in [0.4, 0.5) is 17.6 Å². The molecule has 28 heavy (non-hydrogen) atoms. The van der Waals surface area contributed by atoms with E-state index in [9.17, 15) is 22.4 Å². The summed E-state index contributed by atoms with van der Waals surface area (Å²) in [7, 11) is 0. The lowest BCUT2D eigenvalue weighted by molar-refractivity contribution is -0.140. The number of halogens is 4. The lowest BCUT2D eigenvalue weighted by Gasteiger charge is -2.33. The fourth-order valence-electron chi connectivity index (χ4n) is 3.27. The molecule has 0 saturated carbocycles. The molecule has 0 spiro atoms. The SMILES string of the molecule is C[C@@H]1Cc2c(nnn2-c2ccn[nH]2)CN1C(=O)c1cccc(C(F)(F)F)c1F. The van der Waals surface area contributed by atoms with Crippen LogP contribution in [-0.4, -0.2) is 42.0 Å². The van der Waals surface area contributed by atoms with Crippen LogP contribution in [0.25, 0.3) is 5.82 Å². The van der Waals surface area contributed by atoms with Gasteiger partial charge in [0.05, 0.1) is 29.6 Å². The van der Waals surface area contributed by atoms with Gasteiger partial charge in [0.1, 0.15) is 11.5 Å². The van der Waals surface area contributed by atoms with E-state index in [1.807, 2.05) is 0 Å². The first kappa shape index (κ1) is 18.1. The number of rotatable bonds is 2. The van der Waals surface area contributed by atoms with Crippen molar-refractivity contribution in [3.63, 3.8) is 0 Å². The molecule has 1 amide bonds. The van der Waals surface area contributed by atoms with Gasteiger partial charge in [-0.2, -0.15) is 23.0 Å².